The van der Waals surface area contributed by atoms with E-state index in [0.29, 0.717) is 6.42 Å². The van der Waals surface area contributed by atoms with Gasteiger partial charge >= 0.3 is 0 Å². The minimum absolute atomic E-state index is 0.110. The molecule has 0 bridgehead atoms. The van der Waals surface area contributed by atoms with Gasteiger partial charge in [-0.25, -0.2) is 4.37 Å². The van der Waals surface area contributed by atoms with E-state index in [1.807, 2.05) is 6.07 Å². The molecule has 0 saturated heterocycles. The minimum Gasteiger partial charge on any atom is -0.324 e. The predicted octanol–water partition coefficient (Wildman–Crippen LogP) is 0.603. The first kappa shape index (κ1) is 8.36. The molecule has 0 aromatic carbocycles. The fourth-order valence-corrected chi connectivity index (χ4v) is 1.31. The summed E-state index contributed by atoms with van der Waals surface area (Å²) in [6.45, 7) is 0.152. The average molecular weight is 170 g/mol. The predicted molar refractivity (Wildman–Crippen MR) is 44.5 cm³/mol. The molecule has 1 aromatic rings. The Morgan fingerprint density at radius 3 is 3.09 bits per heavy atom. The van der Waals surface area contributed by atoms with Gasteiger partial charge in [-0.05, 0) is 24.0 Å². The van der Waals surface area contributed by atoms with Gasteiger partial charge in [-0.1, -0.05) is 0 Å². The first-order valence-electron chi connectivity index (χ1n) is 3.44. The maximum Gasteiger partial charge on any atom is 0.146 e. The maximum absolute atomic E-state index is 10.8. The van der Waals surface area contributed by atoms with Gasteiger partial charge in [-0.3, -0.25) is 4.79 Å². The number of Topliss-reactive ketones (excluding diaryl/α,β-unsaturated/α-hetero) is 1. The van der Waals surface area contributed by atoms with Gasteiger partial charge in [0.05, 0.1) is 6.54 Å². The molecule has 3 nitrogen and oxygen atoms in total. The van der Waals surface area contributed by atoms with Crippen molar-refractivity contribution in [2.24, 2.45) is 5.73 Å². The summed E-state index contributed by atoms with van der Waals surface area (Å²) in [6, 6.07) is 1.93. The highest BCUT2D eigenvalue weighted by Gasteiger charge is 2.00. The summed E-state index contributed by atoms with van der Waals surface area (Å²) in [7, 11) is 0. The normalized spacial score (nSPS) is 9.91. The lowest BCUT2D eigenvalue weighted by atomic mass is 10.2. The Hall–Kier alpha value is -0.740. The number of aryl methyl sites for hydroxylation is 1. The molecule has 11 heavy (non-hydrogen) atoms. The number of ketones is 1. The zero-order chi connectivity index (χ0) is 8.10. The van der Waals surface area contributed by atoms with E-state index < -0.39 is 0 Å². The van der Waals surface area contributed by atoms with Crippen LogP contribution in [0.5, 0.6) is 0 Å². The van der Waals surface area contributed by atoms with Crippen LogP contribution in [0, 0.1) is 0 Å². The number of hydrogen-bond donors (Lipinski definition) is 1. The lowest BCUT2D eigenvalue weighted by molar-refractivity contribution is -0.117. The minimum atomic E-state index is 0.110. The van der Waals surface area contributed by atoms with Crippen molar-refractivity contribution in [1.29, 1.82) is 0 Å². The summed E-state index contributed by atoms with van der Waals surface area (Å²) in [6.07, 6.45) is 3.06. The summed E-state index contributed by atoms with van der Waals surface area (Å²) < 4.78 is 3.93. The van der Waals surface area contributed by atoms with Crippen LogP contribution in [0.1, 0.15) is 11.3 Å². The van der Waals surface area contributed by atoms with Crippen LogP contribution >= 0.6 is 11.5 Å². The van der Waals surface area contributed by atoms with Crippen LogP contribution in [0.15, 0.2) is 12.3 Å². The molecule has 0 aliphatic rings. The van der Waals surface area contributed by atoms with Gasteiger partial charge in [0.2, 0.25) is 0 Å². The Morgan fingerprint density at radius 1 is 1.73 bits per heavy atom. The summed E-state index contributed by atoms with van der Waals surface area (Å²) in [5.74, 6) is 0.110. The van der Waals surface area contributed by atoms with Gasteiger partial charge in [-0.2, -0.15) is 0 Å². The molecule has 0 unspecified atom stereocenters. The van der Waals surface area contributed by atoms with Crippen LogP contribution < -0.4 is 5.73 Å². The number of aromatic nitrogens is 1. The SMILES string of the molecule is NCC(=O)CCc1ccns1. The topological polar surface area (TPSA) is 56.0 Å². The number of carbonyl (C=O) groups excluding carboxylic acids is 1. The Bertz CT molecular complexity index is 220. The van der Waals surface area contributed by atoms with Gasteiger partial charge in [0.1, 0.15) is 5.78 Å². The molecule has 0 amide bonds. The second-order valence-electron chi connectivity index (χ2n) is 2.22. The fraction of sp³-hybridized carbons (Fsp3) is 0.429. The molecule has 0 aliphatic carbocycles. The number of rotatable bonds is 4. The highest BCUT2D eigenvalue weighted by molar-refractivity contribution is 7.05. The highest BCUT2D eigenvalue weighted by Crippen LogP contribution is 2.07. The van der Waals surface area contributed by atoms with Crippen molar-refractivity contribution in [2.45, 2.75) is 12.8 Å². The molecule has 60 valence electrons. The van der Waals surface area contributed by atoms with Crippen molar-refractivity contribution >= 4 is 17.3 Å². The van der Waals surface area contributed by atoms with E-state index in [2.05, 4.69) is 4.37 Å². The Balaban J connectivity index is 2.29. The lowest BCUT2D eigenvalue weighted by Crippen LogP contribution is -2.13. The molecule has 0 spiro atoms. The van der Waals surface area contributed by atoms with E-state index >= 15 is 0 Å². The molecule has 0 saturated carbocycles. The molecule has 0 aliphatic heterocycles. The molecule has 2 N–H and O–H groups in total. The van der Waals surface area contributed by atoms with Crippen molar-refractivity contribution in [2.75, 3.05) is 6.54 Å². The maximum atomic E-state index is 10.8. The lowest BCUT2D eigenvalue weighted by Gasteiger charge is -1.92. The van der Waals surface area contributed by atoms with E-state index in [1.54, 1.807) is 6.20 Å². The third-order valence-electron chi connectivity index (χ3n) is 1.37. The van der Waals surface area contributed by atoms with E-state index in [0.717, 1.165) is 11.3 Å². The zero-order valence-electron chi connectivity index (χ0n) is 6.12. The third-order valence-corrected chi connectivity index (χ3v) is 2.17. The Morgan fingerprint density at radius 2 is 2.55 bits per heavy atom. The molecule has 0 atom stereocenters. The number of nitrogens with zero attached hydrogens (tertiary/aromatic N) is 1. The molecular weight excluding hydrogens is 160 g/mol. The number of hydrogen-bond acceptors (Lipinski definition) is 4. The smallest absolute Gasteiger partial charge is 0.146 e. The monoisotopic (exact) mass is 170 g/mol. The summed E-state index contributed by atoms with van der Waals surface area (Å²) >= 11 is 1.43. The second kappa shape index (κ2) is 4.20. The fourth-order valence-electron chi connectivity index (χ4n) is 0.736. The van der Waals surface area contributed by atoms with Crippen LogP contribution in [-0.4, -0.2) is 16.7 Å². The average Bonchev–Trinajstić information content (AvgIpc) is 2.52. The summed E-state index contributed by atoms with van der Waals surface area (Å²) in [5.41, 5.74) is 5.15. The van der Waals surface area contributed by atoms with Crippen LogP contribution in [-0.2, 0) is 11.2 Å². The summed E-state index contributed by atoms with van der Waals surface area (Å²) in [5, 5.41) is 0. The largest absolute Gasteiger partial charge is 0.324 e. The second-order valence-corrected chi connectivity index (χ2v) is 3.14. The molecule has 0 fully saturated rings. The van der Waals surface area contributed by atoms with Gasteiger partial charge < -0.3 is 5.73 Å². The van der Waals surface area contributed by atoms with Gasteiger partial charge in [0.25, 0.3) is 0 Å². The Kier molecular flexibility index (Phi) is 3.19. The molecule has 1 aromatic heterocycles. The highest BCUT2D eigenvalue weighted by atomic mass is 32.1. The standard InChI is InChI=1S/C7H10N2OS/c8-5-6(10)1-2-7-3-4-9-11-7/h3-4H,1-2,5,8H2. The van der Waals surface area contributed by atoms with Crippen molar-refractivity contribution in [1.82, 2.24) is 4.37 Å². The molecule has 1 rings (SSSR count). The number of carbonyl (C=O) groups is 1. The van der Waals surface area contributed by atoms with Crippen molar-refractivity contribution in [3.8, 4) is 0 Å². The van der Waals surface area contributed by atoms with Crippen LogP contribution in [0.2, 0.25) is 0 Å². The van der Waals surface area contributed by atoms with Crippen molar-refractivity contribution in [3.05, 3.63) is 17.1 Å². The quantitative estimate of drug-likeness (QED) is 0.720. The van der Waals surface area contributed by atoms with Crippen molar-refractivity contribution < 1.29 is 4.79 Å². The first-order valence-corrected chi connectivity index (χ1v) is 4.21. The molecule has 1 heterocycles. The Labute approximate surface area is 69.4 Å². The van der Waals surface area contributed by atoms with E-state index in [-0.39, 0.29) is 12.3 Å². The van der Waals surface area contributed by atoms with Gasteiger partial charge in [-0.15, -0.1) is 0 Å². The van der Waals surface area contributed by atoms with Crippen molar-refractivity contribution in [3.63, 3.8) is 0 Å². The molecule has 0 radical (unpaired) electrons. The van der Waals surface area contributed by atoms with E-state index in [1.165, 1.54) is 11.5 Å². The third kappa shape index (κ3) is 2.78. The zero-order valence-corrected chi connectivity index (χ0v) is 6.93. The molecule has 4 heteroatoms. The first-order chi connectivity index (χ1) is 5.33. The van der Waals surface area contributed by atoms with Gasteiger partial charge in [0.15, 0.2) is 0 Å². The van der Waals surface area contributed by atoms with Crippen LogP contribution in [0.4, 0.5) is 0 Å². The van der Waals surface area contributed by atoms with Crippen LogP contribution in [0.3, 0.4) is 0 Å². The van der Waals surface area contributed by atoms with Gasteiger partial charge in [0, 0.05) is 17.5 Å². The molecular formula is C7H10N2OS. The van der Waals surface area contributed by atoms with E-state index in [9.17, 15) is 4.79 Å². The summed E-state index contributed by atoms with van der Waals surface area (Å²) in [4.78, 5) is 11.9. The van der Waals surface area contributed by atoms with E-state index in [4.69, 9.17) is 5.73 Å². The van der Waals surface area contributed by atoms with Crippen LogP contribution in [0.25, 0.3) is 0 Å². The number of nitrogens with two attached hydrogens (primary N) is 1.